The third kappa shape index (κ3) is 4.14. The zero-order chi connectivity index (χ0) is 15.5. The first-order valence-electron chi connectivity index (χ1n) is 7.53. The summed E-state index contributed by atoms with van der Waals surface area (Å²) in [4.78, 5) is 0. The van der Waals surface area contributed by atoms with Crippen LogP contribution in [0.25, 0.3) is 11.5 Å². The molecular weight excluding hydrogens is 262 g/mol. The quantitative estimate of drug-likeness (QED) is 0.913. The molecule has 2 rings (SSSR count). The van der Waals surface area contributed by atoms with Crippen LogP contribution in [-0.4, -0.2) is 22.8 Å². The van der Waals surface area contributed by atoms with Crippen LogP contribution in [0.3, 0.4) is 0 Å². The first kappa shape index (κ1) is 15.7. The zero-order valence-electron chi connectivity index (χ0n) is 13.6. The van der Waals surface area contributed by atoms with Crippen molar-refractivity contribution in [2.75, 3.05) is 6.54 Å². The van der Waals surface area contributed by atoms with E-state index < -0.39 is 0 Å². The number of aromatic nitrogens is 2. The maximum Gasteiger partial charge on any atom is 0.248 e. The lowest BCUT2D eigenvalue weighted by atomic mass is 9.84. The number of hydrogen-bond donors (Lipinski definition) is 1. The summed E-state index contributed by atoms with van der Waals surface area (Å²) in [6, 6.07) is 8.70. The molecule has 0 saturated carbocycles. The summed E-state index contributed by atoms with van der Waals surface area (Å²) in [5.41, 5.74) is 2.30. The summed E-state index contributed by atoms with van der Waals surface area (Å²) in [5, 5.41) is 11.7. The average Bonchev–Trinajstić information content (AvgIpc) is 2.86. The topological polar surface area (TPSA) is 51.0 Å². The molecule has 1 aromatic carbocycles. The van der Waals surface area contributed by atoms with E-state index >= 15 is 0 Å². The van der Waals surface area contributed by atoms with Gasteiger partial charge in [-0.2, -0.15) is 0 Å². The van der Waals surface area contributed by atoms with E-state index in [0.717, 1.165) is 18.5 Å². The summed E-state index contributed by atoms with van der Waals surface area (Å²) in [6.07, 6.45) is 0.753. The molecular formula is C17H25N3O. The number of hydrogen-bond acceptors (Lipinski definition) is 4. The second kappa shape index (κ2) is 6.39. The van der Waals surface area contributed by atoms with Crippen molar-refractivity contribution in [3.63, 3.8) is 0 Å². The summed E-state index contributed by atoms with van der Waals surface area (Å²) in [6.45, 7) is 11.7. The maximum atomic E-state index is 5.83. The van der Waals surface area contributed by atoms with Gasteiger partial charge in [0.25, 0.3) is 0 Å². The van der Waals surface area contributed by atoms with Crippen LogP contribution >= 0.6 is 0 Å². The van der Waals surface area contributed by atoms with Gasteiger partial charge in [-0.3, -0.25) is 0 Å². The van der Waals surface area contributed by atoms with E-state index in [1.807, 2.05) is 18.2 Å². The molecule has 4 nitrogen and oxygen atoms in total. The second-order valence-electron chi connectivity index (χ2n) is 6.66. The van der Waals surface area contributed by atoms with Crippen molar-refractivity contribution in [3.05, 3.63) is 35.7 Å². The van der Waals surface area contributed by atoms with Gasteiger partial charge in [-0.1, -0.05) is 52.8 Å². The van der Waals surface area contributed by atoms with E-state index in [-0.39, 0.29) is 5.41 Å². The average molecular weight is 287 g/mol. The van der Waals surface area contributed by atoms with Crippen molar-refractivity contribution >= 4 is 0 Å². The zero-order valence-corrected chi connectivity index (χ0v) is 13.6. The Bertz CT molecular complexity index is 582. The van der Waals surface area contributed by atoms with Crippen LogP contribution in [0.5, 0.6) is 0 Å². The normalized spacial score (nSPS) is 12.1. The van der Waals surface area contributed by atoms with Gasteiger partial charge in [0.05, 0.1) is 0 Å². The highest BCUT2D eigenvalue weighted by atomic mass is 16.4. The fraction of sp³-hybridized carbons (Fsp3) is 0.529. The molecule has 0 saturated heterocycles. The highest BCUT2D eigenvalue weighted by Gasteiger charge is 2.21. The lowest BCUT2D eigenvalue weighted by molar-refractivity contribution is 0.482. The van der Waals surface area contributed by atoms with Crippen LogP contribution in [-0.2, 0) is 11.8 Å². The van der Waals surface area contributed by atoms with Gasteiger partial charge in [-0.25, -0.2) is 0 Å². The Morgan fingerprint density at radius 1 is 1.14 bits per heavy atom. The van der Waals surface area contributed by atoms with Crippen LogP contribution in [0.2, 0.25) is 0 Å². The van der Waals surface area contributed by atoms with Crippen LogP contribution in [0.15, 0.2) is 28.7 Å². The van der Waals surface area contributed by atoms with E-state index in [1.54, 1.807) is 0 Å². The Labute approximate surface area is 127 Å². The Balaban J connectivity index is 2.18. The highest BCUT2D eigenvalue weighted by molar-refractivity contribution is 5.60. The van der Waals surface area contributed by atoms with Crippen LogP contribution in [0, 0.1) is 0 Å². The van der Waals surface area contributed by atoms with Gasteiger partial charge >= 0.3 is 0 Å². The highest BCUT2D eigenvalue weighted by Crippen LogP contribution is 2.32. The minimum Gasteiger partial charge on any atom is -0.421 e. The van der Waals surface area contributed by atoms with E-state index in [1.165, 1.54) is 5.56 Å². The molecule has 0 amide bonds. The van der Waals surface area contributed by atoms with Gasteiger partial charge in [-0.15, -0.1) is 10.2 Å². The van der Waals surface area contributed by atoms with Crippen molar-refractivity contribution in [2.45, 2.75) is 52.5 Å². The lowest BCUT2D eigenvalue weighted by Gasteiger charge is -2.21. The Hall–Kier alpha value is -1.68. The Morgan fingerprint density at radius 3 is 2.52 bits per heavy atom. The van der Waals surface area contributed by atoms with Crippen molar-refractivity contribution in [1.82, 2.24) is 15.5 Å². The fourth-order valence-electron chi connectivity index (χ4n) is 2.25. The molecule has 2 aromatic rings. The minimum atomic E-state index is 0.0461. The SMILES string of the molecule is CC(C)NCCc1nnc(-c2ccccc2C(C)(C)C)o1. The molecule has 0 radical (unpaired) electrons. The number of benzene rings is 1. The predicted octanol–water partition coefficient (Wildman–Crippen LogP) is 3.57. The van der Waals surface area contributed by atoms with Gasteiger partial charge in [0, 0.05) is 24.6 Å². The van der Waals surface area contributed by atoms with Crippen molar-refractivity contribution in [3.8, 4) is 11.5 Å². The molecule has 1 heterocycles. The van der Waals surface area contributed by atoms with Crippen LogP contribution in [0.4, 0.5) is 0 Å². The van der Waals surface area contributed by atoms with E-state index in [0.29, 0.717) is 17.8 Å². The van der Waals surface area contributed by atoms with E-state index in [4.69, 9.17) is 4.42 Å². The summed E-state index contributed by atoms with van der Waals surface area (Å²) in [5.74, 6) is 1.29. The second-order valence-corrected chi connectivity index (χ2v) is 6.66. The van der Waals surface area contributed by atoms with Gasteiger partial charge in [0.15, 0.2) is 0 Å². The molecule has 0 spiro atoms. The standard InChI is InChI=1S/C17H25N3O/c1-12(2)18-11-10-15-19-20-16(21-15)13-8-6-7-9-14(13)17(3,4)5/h6-9,12,18H,10-11H2,1-5H3. The van der Waals surface area contributed by atoms with Crippen LogP contribution < -0.4 is 5.32 Å². The molecule has 1 N–H and O–H groups in total. The molecule has 21 heavy (non-hydrogen) atoms. The molecule has 0 aliphatic heterocycles. The van der Waals surface area contributed by atoms with Gasteiger partial charge in [0.2, 0.25) is 11.8 Å². The minimum absolute atomic E-state index is 0.0461. The summed E-state index contributed by atoms with van der Waals surface area (Å²) < 4.78 is 5.83. The molecule has 1 aromatic heterocycles. The molecule has 114 valence electrons. The largest absolute Gasteiger partial charge is 0.421 e. The first-order valence-corrected chi connectivity index (χ1v) is 7.53. The fourth-order valence-corrected chi connectivity index (χ4v) is 2.25. The third-order valence-electron chi connectivity index (χ3n) is 3.32. The monoisotopic (exact) mass is 287 g/mol. The van der Waals surface area contributed by atoms with E-state index in [9.17, 15) is 0 Å². The summed E-state index contributed by atoms with van der Waals surface area (Å²) >= 11 is 0. The summed E-state index contributed by atoms with van der Waals surface area (Å²) in [7, 11) is 0. The van der Waals surface area contributed by atoms with Crippen molar-refractivity contribution in [2.24, 2.45) is 0 Å². The van der Waals surface area contributed by atoms with Crippen LogP contribution in [0.1, 0.15) is 46.1 Å². The molecule has 0 aliphatic carbocycles. The lowest BCUT2D eigenvalue weighted by Crippen LogP contribution is -2.25. The smallest absolute Gasteiger partial charge is 0.248 e. The Kier molecular flexibility index (Phi) is 4.78. The van der Waals surface area contributed by atoms with Gasteiger partial charge in [0.1, 0.15) is 0 Å². The molecule has 4 heteroatoms. The molecule has 0 fully saturated rings. The molecule has 0 atom stereocenters. The predicted molar refractivity (Wildman–Crippen MR) is 85.3 cm³/mol. The molecule has 0 unspecified atom stereocenters. The number of nitrogens with one attached hydrogen (secondary N) is 1. The number of nitrogens with zero attached hydrogens (tertiary/aromatic N) is 2. The van der Waals surface area contributed by atoms with E-state index in [2.05, 4.69) is 56.2 Å². The molecule has 0 bridgehead atoms. The number of rotatable bonds is 5. The van der Waals surface area contributed by atoms with Gasteiger partial charge < -0.3 is 9.73 Å². The van der Waals surface area contributed by atoms with Crippen molar-refractivity contribution < 1.29 is 4.42 Å². The maximum absolute atomic E-state index is 5.83. The third-order valence-corrected chi connectivity index (χ3v) is 3.32. The first-order chi connectivity index (χ1) is 9.88. The Morgan fingerprint density at radius 2 is 1.86 bits per heavy atom. The molecule has 0 aliphatic rings. The van der Waals surface area contributed by atoms with Gasteiger partial charge in [-0.05, 0) is 17.0 Å². The van der Waals surface area contributed by atoms with Crippen molar-refractivity contribution in [1.29, 1.82) is 0 Å².